The Morgan fingerprint density at radius 3 is 2.33 bits per heavy atom. The Morgan fingerprint density at radius 1 is 1.13 bits per heavy atom. The fourth-order valence-corrected chi connectivity index (χ4v) is 1.81. The van der Waals surface area contributed by atoms with Crippen LogP contribution >= 0.6 is 0 Å². The summed E-state index contributed by atoms with van der Waals surface area (Å²) >= 11 is 0. The van der Waals surface area contributed by atoms with E-state index in [0.29, 0.717) is 18.8 Å². The van der Waals surface area contributed by atoms with Crippen LogP contribution in [0.4, 0.5) is 14.5 Å². The highest BCUT2D eigenvalue weighted by Gasteiger charge is 2.34. The number of phenolic OH excluding ortho intramolecular Hbond substituents is 1. The van der Waals surface area contributed by atoms with Crippen LogP contribution in [-0.4, -0.2) is 24.1 Å². The summed E-state index contributed by atoms with van der Waals surface area (Å²) in [4.78, 5) is 1.80. The number of piperidine rings is 1. The maximum absolute atomic E-state index is 12.9. The van der Waals surface area contributed by atoms with Crippen molar-refractivity contribution < 1.29 is 13.9 Å². The normalized spacial score (nSPS) is 20.3. The fraction of sp³-hybridized carbons (Fsp3) is 0.455. The van der Waals surface area contributed by atoms with E-state index >= 15 is 0 Å². The molecule has 1 aliphatic heterocycles. The largest absolute Gasteiger partial charge is 0.506 e. The van der Waals surface area contributed by atoms with E-state index in [9.17, 15) is 13.9 Å². The van der Waals surface area contributed by atoms with Crippen LogP contribution in [0.1, 0.15) is 12.8 Å². The zero-order chi connectivity index (χ0) is 10.9. The van der Waals surface area contributed by atoms with Crippen LogP contribution in [0.5, 0.6) is 5.75 Å². The number of alkyl halides is 2. The highest BCUT2D eigenvalue weighted by atomic mass is 19.3. The van der Waals surface area contributed by atoms with Crippen molar-refractivity contribution in [3.63, 3.8) is 0 Å². The van der Waals surface area contributed by atoms with Gasteiger partial charge in [-0.15, -0.1) is 0 Å². The first-order valence-electron chi connectivity index (χ1n) is 4.99. The first kappa shape index (κ1) is 10.2. The number of rotatable bonds is 1. The molecule has 0 amide bonds. The highest BCUT2D eigenvalue weighted by Crippen LogP contribution is 2.33. The minimum atomic E-state index is -2.54. The molecule has 0 spiro atoms. The van der Waals surface area contributed by atoms with E-state index in [4.69, 9.17) is 0 Å². The Kier molecular flexibility index (Phi) is 2.50. The van der Waals surface area contributed by atoms with E-state index in [2.05, 4.69) is 0 Å². The standard InChI is InChI=1S/C11H13F2NO/c12-11(13)5-7-14(8-6-11)9-3-1-2-4-10(9)15/h1-4,15H,5-8H2. The Bertz CT molecular complexity index is 344. The van der Waals surface area contributed by atoms with Crippen LogP contribution in [0.3, 0.4) is 0 Å². The molecule has 0 saturated carbocycles. The summed E-state index contributed by atoms with van der Waals surface area (Å²) in [5.41, 5.74) is 0.646. The third kappa shape index (κ3) is 2.19. The summed E-state index contributed by atoms with van der Waals surface area (Å²) < 4.78 is 25.8. The minimum Gasteiger partial charge on any atom is -0.506 e. The molecule has 15 heavy (non-hydrogen) atoms. The molecule has 0 unspecified atom stereocenters. The maximum atomic E-state index is 12.9. The molecular formula is C11H13F2NO. The average Bonchev–Trinajstić information content (AvgIpc) is 2.19. The van der Waals surface area contributed by atoms with Crippen molar-refractivity contribution in [3.8, 4) is 5.75 Å². The summed E-state index contributed by atoms with van der Waals surface area (Å²) in [5.74, 6) is -2.39. The molecule has 0 atom stereocenters. The molecule has 4 heteroatoms. The van der Waals surface area contributed by atoms with Crippen LogP contribution in [0.25, 0.3) is 0 Å². The molecule has 0 bridgehead atoms. The van der Waals surface area contributed by atoms with Crippen molar-refractivity contribution in [3.05, 3.63) is 24.3 Å². The highest BCUT2D eigenvalue weighted by molar-refractivity contribution is 5.57. The number of halogens is 2. The summed E-state index contributed by atoms with van der Waals surface area (Å²) in [5, 5.41) is 9.56. The van der Waals surface area contributed by atoms with E-state index < -0.39 is 5.92 Å². The lowest BCUT2D eigenvalue weighted by atomic mass is 10.1. The van der Waals surface area contributed by atoms with Gasteiger partial charge in [0, 0.05) is 25.9 Å². The number of hydrogen-bond acceptors (Lipinski definition) is 2. The van der Waals surface area contributed by atoms with Gasteiger partial charge in [-0.1, -0.05) is 12.1 Å². The average molecular weight is 213 g/mol. The zero-order valence-electron chi connectivity index (χ0n) is 8.29. The number of benzene rings is 1. The molecule has 1 N–H and O–H groups in total. The maximum Gasteiger partial charge on any atom is 0.251 e. The zero-order valence-corrected chi connectivity index (χ0v) is 8.29. The van der Waals surface area contributed by atoms with Gasteiger partial charge in [0.05, 0.1) is 5.69 Å². The number of anilines is 1. The van der Waals surface area contributed by atoms with E-state index in [1.807, 2.05) is 0 Å². The second-order valence-corrected chi connectivity index (χ2v) is 3.83. The minimum absolute atomic E-state index is 0.138. The molecule has 0 radical (unpaired) electrons. The first-order chi connectivity index (χ1) is 7.08. The van der Waals surface area contributed by atoms with Gasteiger partial charge in [0.25, 0.3) is 5.92 Å². The lowest BCUT2D eigenvalue weighted by Gasteiger charge is -2.33. The third-order valence-electron chi connectivity index (χ3n) is 2.72. The molecular weight excluding hydrogens is 200 g/mol. The van der Waals surface area contributed by atoms with E-state index in [0.717, 1.165) is 0 Å². The van der Waals surface area contributed by atoms with Crippen molar-refractivity contribution in [2.45, 2.75) is 18.8 Å². The molecule has 0 aliphatic carbocycles. The van der Waals surface area contributed by atoms with Gasteiger partial charge in [0.1, 0.15) is 5.75 Å². The smallest absolute Gasteiger partial charge is 0.251 e. The van der Waals surface area contributed by atoms with Crippen molar-refractivity contribution >= 4 is 5.69 Å². The van der Waals surface area contributed by atoms with Crippen molar-refractivity contribution in [2.75, 3.05) is 18.0 Å². The molecule has 2 rings (SSSR count). The Hall–Kier alpha value is -1.32. The summed E-state index contributed by atoms with van der Waals surface area (Å²) in [7, 11) is 0. The molecule has 1 heterocycles. The number of hydrogen-bond donors (Lipinski definition) is 1. The van der Waals surface area contributed by atoms with Gasteiger partial charge in [0.15, 0.2) is 0 Å². The van der Waals surface area contributed by atoms with Gasteiger partial charge in [-0.05, 0) is 12.1 Å². The Labute approximate surface area is 87.1 Å². The third-order valence-corrected chi connectivity index (χ3v) is 2.72. The molecule has 2 nitrogen and oxygen atoms in total. The second-order valence-electron chi connectivity index (χ2n) is 3.83. The number of nitrogens with zero attached hydrogens (tertiary/aromatic N) is 1. The van der Waals surface area contributed by atoms with E-state index in [-0.39, 0.29) is 18.6 Å². The van der Waals surface area contributed by atoms with Gasteiger partial charge >= 0.3 is 0 Å². The SMILES string of the molecule is Oc1ccccc1N1CCC(F)(F)CC1. The van der Waals surface area contributed by atoms with E-state index in [1.165, 1.54) is 0 Å². The van der Waals surface area contributed by atoms with Gasteiger partial charge in [0.2, 0.25) is 0 Å². The van der Waals surface area contributed by atoms with Gasteiger partial charge in [-0.3, -0.25) is 0 Å². The van der Waals surface area contributed by atoms with Crippen LogP contribution in [-0.2, 0) is 0 Å². The molecule has 1 aromatic carbocycles. The van der Waals surface area contributed by atoms with Crippen LogP contribution < -0.4 is 4.90 Å². The summed E-state index contributed by atoms with van der Waals surface area (Å²) in [6, 6.07) is 6.83. The number of aromatic hydroxyl groups is 1. The molecule has 0 aromatic heterocycles. The van der Waals surface area contributed by atoms with Gasteiger partial charge in [-0.25, -0.2) is 8.78 Å². The predicted molar refractivity (Wildman–Crippen MR) is 54.5 cm³/mol. The Balaban J connectivity index is 2.11. The lowest BCUT2D eigenvalue weighted by Crippen LogP contribution is -2.39. The van der Waals surface area contributed by atoms with Crippen molar-refractivity contribution in [1.82, 2.24) is 0 Å². The van der Waals surface area contributed by atoms with Crippen molar-refractivity contribution in [1.29, 1.82) is 0 Å². The molecule has 1 fully saturated rings. The lowest BCUT2D eigenvalue weighted by molar-refractivity contribution is -0.0221. The predicted octanol–water partition coefficient (Wildman–Crippen LogP) is 2.63. The second kappa shape index (κ2) is 3.68. The first-order valence-corrected chi connectivity index (χ1v) is 4.99. The Morgan fingerprint density at radius 2 is 1.73 bits per heavy atom. The van der Waals surface area contributed by atoms with Gasteiger partial charge in [-0.2, -0.15) is 0 Å². The molecule has 1 saturated heterocycles. The van der Waals surface area contributed by atoms with Crippen LogP contribution in [0.2, 0.25) is 0 Å². The van der Waals surface area contributed by atoms with E-state index in [1.54, 1.807) is 29.2 Å². The summed E-state index contributed by atoms with van der Waals surface area (Å²) in [6.45, 7) is 0.592. The summed E-state index contributed by atoms with van der Waals surface area (Å²) in [6.07, 6.45) is -0.275. The van der Waals surface area contributed by atoms with Crippen molar-refractivity contribution in [2.24, 2.45) is 0 Å². The fourth-order valence-electron chi connectivity index (χ4n) is 1.81. The number of para-hydroxylation sites is 2. The van der Waals surface area contributed by atoms with Crippen LogP contribution in [0, 0.1) is 0 Å². The molecule has 82 valence electrons. The monoisotopic (exact) mass is 213 g/mol. The molecule has 1 aliphatic rings. The van der Waals surface area contributed by atoms with Crippen LogP contribution in [0.15, 0.2) is 24.3 Å². The number of phenols is 1. The molecule has 1 aromatic rings. The van der Waals surface area contributed by atoms with Gasteiger partial charge < -0.3 is 10.0 Å². The quantitative estimate of drug-likeness (QED) is 0.775. The topological polar surface area (TPSA) is 23.5 Å².